The van der Waals surface area contributed by atoms with E-state index in [9.17, 15) is 4.79 Å². The van der Waals surface area contributed by atoms with Crippen LogP contribution in [0.3, 0.4) is 0 Å². The summed E-state index contributed by atoms with van der Waals surface area (Å²) in [5.74, 6) is 0.817. The van der Waals surface area contributed by atoms with Crippen molar-refractivity contribution < 1.29 is 4.79 Å². The Kier molecular flexibility index (Phi) is 5.84. The van der Waals surface area contributed by atoms with Crippen molar-refractivity contribution in [3.63, 3.8) is 0 Å². The SMILES string of the molecule is CCCCC1CCN(C(=O)NCc2cccnc2)CC1. The minimum atomic E-state index is 0.0581. The Labute approximate surface area is 121 Å². The van der Waals surface area contributed by atoms with E-state index in [1.807, 2.05) is 17.0 Å². The topological polar surface area (TPSA) is 45.2 Å². The predicted octanol–water partition coefficient (Wildman–Crippen LogP) is 3.19. The largest absolute Gasteiger partial charge is 0.334 e. The van der Waals surface area contributed by atoms with Crippen LogP contribution in [0.4, 0.5) is 4.79 Å². The maximum absolute atomic E-state index is 12.1. The van der Waals surface area contributed by atoms with E-state index in [0.29, 0.717) is 6.54 Å². The second-order valence-electron chi connectivity index (χ2n) is 5.59. The summed E-state index contributed by atoms with van der Waals surface area (Å²) in [7, 11) is 0. The van der Waals surface area contributed by atoms with Gasteiger partial charge in [0.2, 0.25) is 0 Å². The molecule has 1 aliphatic heterocycles. The smallest absolute Gasteiger partial charge is 0.317 e. The zero-order valence-corrected chi connectivity index (χ0v) is 12.3. The van der Waals surface area contributed by atoms with E-state index in [0.717, 1.165) is 37.4 Å². The number of urea groups is 1. The van der Waals surface area contributed by atoms with Crippen molar-refractivity contribution in [1.82, 2.24) is 15.2 Å². The fraction of sp³-hybridized carbons (Fsp3) is 0.625. The Morgan fingerprint density at radius 2 is 2.25 bits per heavy atom. The predicted molar refractivity (Wildman–Crippen MR) is 80.3 cm³/mol. The van der Waals surface area contributed by atoms with Crippen LogP contribution in [-0.4, -0.2) is 29.0 Å². The summed E-state index contributed by atoms with van der Waals surface area (Å²) < 4.78 is 0. The molecule has 0 saturated carbocycles. The van der Waals surface area contributed by atoms with Gasteiger partial charge in [-0.3, -0.25) is 4.98 Å². The molecule has 0 aromatic carbocycles. The van der Waals surface area contributed by atoms with Gasteiger partial charge in [0.25, 0.3) is 0 Å². The highest BCUT2D eigenvalue weighted by Crippen LogP contribution is 2.22. The van der Waals surface area contributed by atoms with Crippen LogP contribution in [0, 0.1) is 5.92 Å². The first-order valence-corrected chi connectivity index (χ1v) is 7.71. The third-order valence-corrected chi connectivity index (χ3v) is 4.03. The fourth-order valence-electron chi connectivity index (χ4n) is 2.71. The average molecular weight is 275 g/mol. The molecule has 4 heteroatoms. The molecule has 2 rings (SSSR count). The second-order valence-corrected chi connectivity index (χ2v) is 5.59. The van der Waals surface area contributed by atoms with Gasteiger partial charge in [-0.1, -0.05) is 32.3 Å². The molecular formula is C16H25N3O. The molecule has 20 heavy (non-hydrogen) atoms. The quantitative estimate of drug-likeness (QED) is 0.897. The van der Waals surface area contributed by atoms with Crippen LogP contribution in [0.1, 0.15) is 44.6 Å². The van der Waals surface area contributed by atoms with Gasteiger partial charge >= 0.3 is 6.03 Å². The lowest BCUT2D eigenvalue weighted by molar-refractivity contribution is 0.167. The van der Waals surface area contributed by atoms with E-state index in [1.165, 1.54) is 19.3 Å². The first-order chi connectivity index (χ1) is 9.79. The molecular weight excluding hydrogens is 250 g/mol. The summed E-state index contributed by atoms with van der Waals surface area (Å²) in [6.45, 7) is 4.59. The summed E-state index contributed by atoms with van der Waals surface area (Å²) in [6.07, 6.45) is 9.75. The number of unbranched alkanes of at least 4 members (excludes halogenated alkanes) is 1. The van der Waals surface area contributed by atoms with Crippen molar-refractivity contribution in [2.45, 2.75) is 45.6 Å². The van der Waals surface area contributed by atoms with Crippen LogP contribution in [0.5, 0.6) is 0 Å². The number of piperidine rings is 1. The molecule has 1 N–H and O–H groups in total. The summed E-state index contributed by atoms with van der Waals surface area (Å²) in [6, 6.07) is 3.92. The third kappa shape index (κ3) is 4.51. The average Bonchev–Trinajstić information content (AvgIpc) is 2.52. The second kappa shape index (κ2) is 7.88. The van der Waals surface area contributed by atoms with E-state index in [-0.39, 0.29) is 6.03 Å². The van der Waals surface area contributed by atoms with Crippen LogP contribution in [0.2, 0.25) is 0 Å². The monoisotopic (exact) mass is 275 g/mol. The number of hydrogen-bond donors (Lipinski definition) is 1. The summed E-state index contributed by atoms with van der Waals surface area (Å²) in [5.41, 5.74) is 1.04. The zero-order chi connectivity index (χ0) is 14.2. The Morgan fingerprint density at radius 3 is 2.90 bits per heavy atom. The first kappa shape index (κ1) is 14.8. The minimum Gasteiger partial charge on any atom is -0.334 e. The van der Waals surface area contributed by atoms with Crippen molar-refractivity contribution in [2.24, 2.45) is 5.92 Å². The van der Waals surface area contributed by atoms with Crippen molar-refractivity contribution in [2.75, 3.05) is 13.1 Å². The number of likely N-dealkylation sites (tertiary alicyclic amines) is 1. The Bertz CT molecular complexity index is 399. The van der Waals surface area contributed by atoms with E-state index in [1.54, 1.807) is 12.4 Å². The molecule has 1 saturated heterocycles. The normalized spacial score (nSPS) is 16.1. The van der Waals surface area contributed by atoms with Crippen LogP contribution in [0.25, 0.3) is 0 Å². The summed E-state index contributed by atoms with van der Waals surface area (Å²) in [4.78, 5) is 18.1. The minimum absolute atomic E-state index is 0.0581. The van der Waals surface area contributed by atoms with Crippen LogP contribution >= 0.6 is 0 Å². The molecule has 0 atom stereocenters. The van der Waals surface area contributed by atoms with Crippen molar-refractivity contribution in [3.8, 4) is 0 Å². The molecule has 1 fully saturated rings. The van der Waals surface area contributed by atoms with Gasteiger partial charge in [0.05, 0.1) is 0 Å². The van der Waals surface area contributed by atoms with Crippen molar-refractivity contribution in [1.29, 1.82) is 0 Å². The number of nitrogens with one attached hydrogen (secondary N) is 1. The number of rotatable bonds is 5. The van der Waals surface area contributed by atoms with Gasteiger partial charge in [0.1, 0.15) is 0 Å². The molecule has 0 radical (unpaired) electrons. The molecule has 0 bridgehead atoms. The highest BCUT2D eigenvalue weighted by atomic mass is 16.2. The Balaban J connectivity index is 1.69. The number of carbonyl (C=O) groups is 1. The lowest BCUT2D eigenvalue weighted by Gasteiger charge is -2.32. The number of pyridine rings is 1. The molecule has 4 nitrogen and oxygen atoms in total. The zero-order valence-electron chi connectivity index (χ0n) is 12.3. The standard InChI is InChI=1S/C16H25N3O/c1-2-3-5-14-7-10-19(11-8-14)16(20)18-13-15-6-4-9-17-12-15/h4,6,9,12,14H,2-3,5,7-8,10-11,13H2,1H3,(H,18,20). The third-order valence-electron chi connectivity index (χ3n) is 4.03. The van der Waals surface area contributed by atoms with Crippen LogP contribution in [0.15, 0.2) is 24.5 Å². The van der Waals surface area contributed by atoms with E-state index in [2.05, 4.69) is 17.2 Å². The number of aromatic nitrogens is 1. The van der Waals surface area contributed by atoms with E-state index < -0.39 is 0 Å². The molecule has 0 spiro atoms. The maximum atomic E-state index is 12.1. The van der Waals surface area contributed by atoms with Gasteiger partial charge in [0, 0.05) is 32.0 Å². The molecule has 2 amide bonds. The number of carbonyl (C=O) groups excluding carboxylic acids is 1. The summed E-state index contributed by atoms with van der Waals surface area (Å²) in [5, 5.41) is 2.97. The van der Waals surface area contributed by atoms with Crippen LogP contribution in [-0.2, 0) is 6.54 Å². The molecule has 110 valence electrons. The molecule has 2 heterocycles. The first-order valence-electron chi connectivity index (χ1n) is 7.71. The van der Waals surface area contributed by atoms with Crippen LogP contribution < -0.4 is 5.32 Å². The van der Waals surface area contributed by atoms with Gasteiger partial charge in [-0.05, 0) is 30.4 Å². The molecule has 1 aromatic heterocycles. The lowest BCUT2D eigenvalue weighted by atomic mass is 9.92. The van der Waals surface area contributed by atoms with E-state index >= 15 is 0 Å². The number of amides is 2. The molecule has 1 aliphatic rings. The van der Waals surface area contributed by atoms with Gasteiger partial charge in [-0.25, -0.2) is 4.79 Å². The van der Waals surface area contributed by atoms with Crippen molar-refractivity contribution in [3.05, 3.63) is 30.1 Å². The molecule has 1 aromatic rings. The fourth-order valence-corrected chi connectivity index (χ4v) is 2.71. The highest BCUT2D eigenvalue weighted by Gasteiger charge is 2.21. The van der Waals surface area contributed by atoms with Gasteiger partial charge < -0.3 is 10.2 Å². The lowest BCUT2D eigenvalue weighted by Crippen LogP contribution is -2.44. The molecule has 0 unspecified atom stereocenters. The van der Waals surface area contributed by atoms with Gasteiger partial charge in [-0.15, -0.1) is 0 Å². The van der Waals surface area contributed by atoms with E-state index in [4.69, 9.17) is 0 Å². The Hall–Kier alpha value is -1.58. The maximum Gasteiger partial charge on any atom is 0.317 e. The molecule has 0 aliphatic carbocycles. The number of hydrogen-bond acceptors (Lipinski definition) is 2. The summed E-state index contributed by atoms with van der Waals surface area (Å²) >= 11 is 0. The van der Waals surface area contributed by atoms with Gasteiger partial charge in [-0.2, -0.15) is 0 Å². The van der Waals surface area contributed by atoms with Crippen molar-refractivity contribution >= 4 is 6.03 Å². The number of nitrogens with zero attached hydrogens (tertiary/aromatic N) is 2. The Morgan fingerprint density at radius 1 is 1.45 bits per heavy atom. The van der Waals surface area contributed by atoms with Gasteiger partial charge in [0.15, 0.2) is 0 Å². The highest BCUT2D eigenvalue weighted by molar-refractivity contribution is 5.74.